The molecule has 3 aromatic rings. The molecule has 2 fully saturated rings. The summed E-state index contributed by atoms with van der Waals surface area (Å²) in [5.74, 6) is 1.23. The first-order chi connectivity index (χ1) is 15.5. The molecule has 0 saturated carbocycles. The zero-order valence-corrected chi connectivity index (χ0v) is 19.7. The lowest BCUT2D eigenvalue weighted by Gasteiger charge is -2.26. The first kappa shape index (κ1) is 21.2. The highest BCUT2D eigenvalue weighted by atomic mass is 32.2. The van der Waals surface area contributed by atoms with Gasteiger partial charge in [0.05, 0.1) is 11.5 Å². The zero-order valence-electron chi connectivity index (χ0n) is 18.0. The lowest BCUT2D eigenvalue weighted by atomic mass is 10.1. The summed E-state index contributed by atoms with van der Waals surface area (Å²) < 4.78 is 0. The number of thioether (sulfide) groups is 2. The third-order valence-electron chi connectivity index (χ3n) is 5.87. The number of carbonyl (C=O) groups excluding carboxylic acids is 2. The van der Waals surface area contributed by atoms with Crippen molar-refractivity contribution in [3.05, 3.63) is 95.1 Å². The summed E-state index contributed by atoms with van der Waals surface area (Å²) in [4.78, 5) is 29.1. The highest BCUT2D eigenvalue weighted by molar-refractivity contribution is 8.01. The van der Waals surface area contributed by atoms with Crippen molar-refractivity contribution >= 4 is 46.7 Å². The van der Waals surface area contributed by atoms with Crippen LogP contribution >= 0.6 is 23.5 Å². The van der Waals surface area contributed by atoms with Gasteiger partial charge in [-0.25, -0.2) is 0 Å². The van der Waals surface area contributed by atoms with Gasteiger partial charge in [0, 0.05) is 11.4 Å². The van der Waals surface area contributed by atoms with Crippen molar-refractivity contribution in [1.29, 1.82) is 0 Å². The van der Waals surface area contributed by atoms with Gasteiger partial charge in [-0.3, -0.25) is 19.4 Å². The second-order valence-electron chi connectivity index (χ2n) is 8.19. The van der Waals surface area contributed by atoms with E-state index in [4.69, 9.17) is 0 Å². The Morgan fingerprint density at radius 1 is 0.594 bits per heavy atom. The van der Waals surface area contributed by atoms with Crippen LogP contribution in [0, 0.1) is 13.8 Å². The third-order valence-corrected chi connectivity index (χ3v) is 8.29. The van der Waals surface area contributed by atoms with E-state index in [-0.39, 0.29) is 22.6 Å². The molecular weight excluding hydrogens is 436 g/mol. The summed E-state index contributed by atoms with van der Waals surface area (Å²) >= 11 is 3.31. The van der Waals surface area contributed by atoms with Crippen LogP contribution in [-0.2, 0) is 9.59 Å². The van der Waals surface area contributed by atoms with Gasteiger partial charge in [-0.05, 0) is 49.2 Å². The van der Waals surface area contributed by atoms with Gasteiger partial charge in [-0.1, -0.05) is 59.7 Å². The van der Waals surface area contributed by atoms with Crippen molar-refractivity contribution in [3.63, 3.8) is 0 Å². The molecule has 2 aliphatic heterocycles. The topological polar surface area (TPSA) is 40.6 Å². The van der Waals surface area contributed by atoms with E-state index in [1.54, 1.807) is 23.5 Å². The SMILES string of the molecule is Cc1ccc(N2C(=O)CS[C@@H]2c2ccc([C@@H]3SCC(=O)N3c3ccc(C)cc3)cc2)cc1. The predicted octanol–water partition coefficient (Wildman–Crippen LogP) is 5.86. The third kappa shape index (κ3) is 3.93. The fraction of sp³-hybridized carbons (Fsp3) is 0.231. The molecule has 5 rings (SSSR count). The fourth-order valence-corrected chi connectivity index (χ4v) is 6.49. The van der Waals surface area contributed by atoms with Crippen LogP contribution in [0.25, 0.3) is 0 Å². The number of benzene rings is 3. The van der Waals surface area contributed by atoms with E-state index in [0.717, 1.165) is 22.5 Å². The standard InChI is InChI=1S/C26H24N2O2S2/c1-17-3-11-21(12-4-17)27-23(29)15-31-25(27)19-7-9-20(10-8-19)26-28(24(30)16-32-26)22-13-5-18(2)6-14-22/h3-14,25-26H,15-16H2,1-2H3/t25-,26+. The molecule has 0 aromatic heterocycles. The predicted molar refractivity (Wildman–Crippen MR) is 134 cm³/mol. The average molecular weight is 461 g/mol. The number of rotatable bonds is 4. The average Bonchev–Trinajstić information content (AvgIpc) is 3.38. The molecule has 2 saturated heterocycles. The number of carbonyl (C=O) groups is 2. The molecule has 32 heavy (non-hydrogen) atoms. The monoisotopic (exact) mass is 460 g/mol. The van der Waals surface area contributed by atoms with Gasteiger partial charge in [-0.2, -0.15) is 0 Å². The Kier molecular flexibility index (Phi) is 5.74. The van der Waals surface area contributed by atoms with Gasteiger partial charge in [0.1, 0.15) is 10.7 Å². The summed E-state index contributed by atoms with van der Waals surface area (Å²) in [7, 11) is 0. The highest BCUT2D eigenvalue weighted by Gasteiger charge is 2.36. The van der Waals surface area contributed by atoms with Crippen LogP contribution in [0.1, 0.15) is 33.0 Å². The van der Waals surface area contributed by atoms with Crippen LogP contribution < -0.4 is 9.80 Å². The molecule has 6 heteroatoms. The summed E-state index contributed by atoms with van der Waals surface area (Å²) in [5.41, 5.74) is 6.42. The highest BCUT2D eigenvalue weighted by Crippen LogP contribution is 2.44. The van der Waals surface area contributed by atoms with Gasteiger partial charge >= 0.3 is 0 Å². The Morgan fingerprint density at radius 3 is 1.28 bits per heavy atom. The molecule has 3 aromatic carbocycles. The molecule has 4 nitrogen and oxygen atoms in total. The summed E-state index contributed by atoms with van der Waals surface area (Å²) in [6.07, 6.45) is 0. The van der Waals surface area contributed by atoms with Crippen molar-refractivity contribution in [2.75, 3.05) is 21.3 Å². The fourth-order valence-electron chi connectivity index (χ4n) is 4.14. The largest absolute Gasteiger partial charge is 0.295 e. The Labute approximate surface area is 197 Å². The van der Waals surface area contributed by atoms with Crippen LogP contribution in [0.4, 0.5) is 11.4 Å². The Balaban J connectivity index is 1.41. The van der Waals surface area contributed by atoms with Crippen LogP contribution in [-0.4, -0.2) is 23.3 Å². The quantitative estimate of drug-likeness (QED) is 0.489. The number of nitrogens with zero attached hydrogens (tertiary/aromatic N) is 2. The molecule has 0 unspecified atom stereocenters. The first-order valence-corrected chi connectivity index (χ1v) is 12.7. The Morgan fingerprint density at radius 2 is 0.938 bits per heavy atom. The number of aryl methyl sites for hydroxylation is 2. The lowest BCUT2D eigenvalue weighted by Crippen LogP contribution is -2.28. The minimum Gasteiger partial charge on any atom is -0.295 e. The van der Waals surface area contributed by atoms with Gasteiger partial charge in [0.15, 0.2) is 0 Å². The van der Waals surface area contributed by atoms with Crippen molar-refractivity contribution in [2.45, 2.75) is 24.6 Å². The van der Waals surface area contributed by atoms with Crippen molar-refractivity contribution in [3.8, 4) is 0 Å². The van der Waals surface area contributed by atoms with Crippen LogP contribution in [0.3, 0.4) is 0 Å². The van der Waals surface area contributed by atoms with Gasteiger partial charge in [-0.15, -0.1) is 23.5 Å². The second kappa shape index (κ2) is 8.68. The molecule has 2 heterocycles. The van der Waals surface area contributed by atoms with E-state index in [2.05, 4.69) is 24.3 Å². The minimum absolute atomic E-state index is 0.0367. The van der Waals surface area contributed by atoms with E-state index < -0.39 is 0 Å². The summed E-state index contributed by atoms with van der Waals surface area (Å²) in [6.45, 7) is 4.10. The zero-order chi connectivity index (χ0) is 22.2. The number of anilines is 2. The molecular formula is C26H24N2O2S2. The molecule has 0 radical (unpaired) electrons. The number of amides is 2. The molecule has 2 amide bonds. The first-order valence-electron chi connectivity index (χ1n) is 10.6. The van der Waals surface area contributed by atoms with Crippen molar-refractivity contribution in [1.82, 2.24) is 0 Å². The molecule has 2 atom stereocenters. The van der Waals surface area contributed by atoms with E-state index in [1.807, 2.05) is 72.2 Å². The number of hydrogen-bond donors (Lipinski definition) is 0. The minimum atomic E-state index is -0.0367. The lowest BCUT2D eigenvalue weighted by molar-refractivity contribution is -0.116. The number of hydrogen-bond acceptors (Lipinski definition) is 4. The molecule has 0 N–H and O–H groups in total. The van der Waals surface area contributed by atoms with E-state index in [9.17, 15) is 9.59 Å². The van der Waals surface area contributed by atoms with Crippen molar-refractivity contribution < 1.29 is 9.59 Å². The van der Waals surface area contributed by atoms with Gasteiger partial charge in [0.2, 0.25) is 11.8 Å². The summed E-state index contributed by atoms with van der Waals surface area (Å²) in [6, 6.07) is 24.6. The molecule has 0 spiro atoms. The maximum atomic E-state index is 12.6. The summed E-state index contributed by atoms with van der Waals surface area (Å²) in [5, 5.41) is -0.0735. The second-order valence-corrected chi connectivity index (χ2v) is 10.3. The van der Waals surface area contributed by atoms with Crippen LogP contribution in [0.15, 0.2) is 72.8 Å². The van der Waals surface area contributed by atoms with Gasteiger partial charge in [0.25, 0.3) is 0 Å². The van der Waals surface area contributed by atoms with E-state index >= 15 is 0 Å². The van der Waals surface area contributed by atoms with Gasteiger partial charge < -0.3 is 0 Å². The molecule has 0 bridgehead atoms. The van der Waals surface area contributed by atoms with Crippen molar-refractivity contribution in [2.24, 2.45) is 0 Å². The smallest absolute Gasteiger partial charge is 0.238 e. The van der Waals surface area contributed by atoms with E-state index in [0.29, 0.717) is 11.5 Å². The molecule has 162 valence electrons. The normalized spacial score (nSPS) is 20.9. The van der Waals surface area contributed by atoms with Crippen LogP contribution in [0.2, 0.25) is 0 Å². The molecule has 0 aliphatic carbocycles. The Hall–Kier alpha value is -2.70. The maximum absolute atomic E-state index is 12.6. The van der Waals surface area contributed by atoms with E-state index in [1.165, 1.54) is 11.1 Å². The Bertz CT molecular complexity index is 1050. The molecule has 2 aliphatic rings. The van der Waals surface area contributed by atoms with Crippen LogP contribution in [0.5, 0.6) is 0 Å². The maximum Gasteiger partial charge on any atom is 0.238 e.